The summed E-state index contributed by atoms with van der Waals surface area (Å²) in [7, 11) is 1.65. The van der Waals surface area contributed by atoms with Gasteiger partial charge < -0.3 is 14.2 Å². The van der Waals surface area contributed by atoms with E-state index in [1.807, 2.05) is 38.1 Å². The third kappa shape index (κ3) is 5.57. The summed E-state index contributed by atoms with van der Waals surface area (Å²) >= 11 is 0. The molecule has 0 saturated carbocycles. The molecular weight excluding hydrogens is 244 g/mol. The maximum Gasteiger partial charge on any atom is 0.124 e. The summed E-state index contributed by atoms with van der Waals surface area (Å²) in [5.41, 5.74) is 3.76. The van der Waals surface area contributed by atoms with Crippen molar-refractivity contribution in [1.82, 2.24) is 5.43 Å². The monoisotopic (exact) mass is 268 g/mol. The summed E-state index contributed by atoms with van der Waals surface area (Å²) in [6.07, 6.45) is 0.119. The van der Waals surface area contributed by atoms with E-state index in [1.54, 1.807) is 7.11 Å². The standard InChI is InChI=1S/C14H24N2O3/c1-11(2)19-14-7-5-4-6-12(14)13(16-15)10-18-9-8-17-3/h4-7,11,13,16H,8-10,15H2,1-3H3. The van der Waals surface area contributed by atoms with E-state index in [4.69, 9.17) is 20.1 Å². The second-order valence-corrected chi connectivity index (χ2v) is 4.49. The maximum absolute atomic E-state index is 5.78. The molecule has 0 aliphatic carbocycles. The van der Waals surface area contributed by atoms with E-state index in [-0.39, 0.29) is 12.1 Å². The van der Waals surface area contributed by atoms with Crippen LogP contribution in [0.2, 0.25) is 0 Å². The first kappa shape index (κ1) is 15.9. The van der Waals surface area contributed by atoms with Crippen molar-refractivity contribution in [2.75, 3.05) is 26.9 Å². The predicted molar refractivity (Wildman–Crippen MR) is 75.0 cm³/mol. The lowest BCUT2D eigenvalue weighted by atomic mass is 10.1. The van der Waals surface area contributed by atoms with Crippen molar-refractivity contribution in [3.05, 3.63) is 29.8 Å². The van der Waals surface area contributed by atoms with Gasteiger partial charge in [0.25, 0.3) is 0 Å². The van der Waals surface area contributed by atoms with Gasteiger partial charge in [0.15, 0.2) is 0 Å². The Morgan fingerprint density at radius 3 is 2.58 bits per heavy atom. The van der Waals surface area contributed by atoms with Crippen LogP contribution in [0, 0.1) is 0 Å². The largest absolute Gasteiger partial charge is 0.491 e. The number of hydrogen-bond donors (Lipinski definition) is 2. The van der Waals surface area contributed by atoms with Gasteiger partial charge in [0.2, 0.25) is 0 Å². The van der Waals surface area contributed by atoms with E-state index in [9.17, 15) is 0 Å². The summed E-state index contributed by atoms with van der Waals surface area (Å²) in [5, 5.41) is 0. The van der Waals surface area contributed by atoms with Gasteiger partial charge in [-0.2, -0.15) is 0 Å². The number of ether oxygens (including phenoxy) is 3. The molecule has 0 spiro atoms. The SMILES string of the molecule is COCCOCC(NN)c1ccccc1OC(C)C. The minimum absolute atomic E-state index is 0.105. The first-order valence-corrected chi connectivity index (χ1v) is 6.47. The Kier molecular flexibility index (Phi) is 7.43. The lowest BCUT2D eigenvalue weighted by molar-refractivity contribution is 0.0579. The predicted octanol–water partition coefficient (Wildman–Crippen LogP) is 1.64. The van der Waals surface area contributed by atoms with E-state index >= 15 is 0 Å². The summed E-state index contributed by atoms with van der Waals surface area (Å²) in [4.78, 5) is 0. The molecule has 5 heteroatoms. The molecule has 1 unspecified atom stereocenters. The van der Waals surface area contributed by atoms with Crippen LogP contribution in [0.4, 0.5) is 0 Å². The van der Waals surface area contributed by atoms with Crippen molar-refractivity contribution < 1.29 is 14.2 Å². The Morgan fingerprint density at radius 2 is 1.95 bits per heavy atom. The number of hydrogen-bond acceptors (Lipinski definition) is 5. The molecule has 1 aromatic rings. The van der Waals surface area contributed by atoms with E-state index < -0.39 is 0 Å². The third-order valence-corrected chi connectivity index (χ3v) is 2.57. The summed E-state index contributed by atoms with van der Waals surface area (Å²) < 4.78 is 16.2. The van der Waals surface area contributed by atoms with Crippen LogP contribution >= 0.6 is 0 Å². The molecule has 0 aliphatic rings. The molecule has 5 nitrogen and oxygen atoms in total. The Bertz CT molecular complexity index is 358. The van der Waals surface area contributed by atoms with Crippen molar-refractivity contribution >= 4 is 0 Å². The van der Waals surface area contributed by atoms with Crippen molar-refractivity contribution in [1.29, 1.82) is 0 Å². The average molecular weight is 268 g/mol. The topological polar surface area (TPSA) is 65.7 Å². The Hall–Kier alpha value is -1.14. The van der Waals surface area contributed by atoms with Crippen LogP contribution in [0.1, 0.15) is 25.5 Å². The minimum atomic E-state index is -0.105. The molecule has 0 heterocycles. The molecule has 0 amide bonds. The highest BCUT2D eigenvalue weighted by Gasteiger charge is 2.15. The zero-order valence-electron chi connectivity index (χ0n) is 11.9. The van der Waals surface area contributed by atoms with E-state index in [0.717, 1.165) is 11.3 Å². The Morgan fingerprint density at radius 1 is 1.21 bits per heavy atom. The lowest BCUT2D eigenvalue weighted by Crippen LogP contribution is -2.32. The van der Waals surface area contributed by atoms with Crippen molar-refractivity contribution in [2.24, 2.45) is 5.84 Å². The molecule has 1 rings (SSSR count). The number of benzene rings is 1. The van der Waals surface area contributed by atoms with Gasteiger partial charge in [0, 0.05) is 12.7 Å². The summed E-state index contributed by atoms with van der Waals surface area (Å²) in [5.74, 6) is 6.43. The highest BCUT2D eigenvalue weighted by molar-refractivity contribution is 5.36. The van der Waals surface area contributed by atoms with Crippen LogP contribution in [-0.2, 0) is 9.47 Å². The van der Waals surface area contributed by atoms with Crippen LogP contribution in [0.15, 0.2) is 24.3 Å². The minimum Gasteiger partial charge on any atom is -0.491 e. The Balaban J connectivity index is 2.68. The van der Waals surface area contributed by atoms with Crippen molar-refractivity contribution in [3.8, 4) is 5.75 Å². The van der Waals surface area contributed by atoms with E-state index in [0.29, 0.717) is 19.8 Å². The van der Waals surface area contributed by atoms with Gasteiger partial charge in [-0.3, -0.25) is 11.3 Å². The second-order valence-electron chi connectivity index (χ2n) is 4.49. The zero-order chi connectivity index (χ0) is 14.1. The number of nitrogens with two attached hydrogens (primary N) is 1. The van der Waals surface area contributed by atoms with Gasteiger partial charge in [-0.1, -0.05) is 18.2 Å². The normalized spacial score (nSPS) is 12.7. The molecular formula is C14H24N2O3. The molecule has 0 radical (unpaired) electrons. The molecule has 1 atom stereocenters. The van der Waals surface area contributed by atoms with Crippen molar-refractivity contribution in [2.45, 2.75) is 26.0 Å². The number of nitrogens with one attached hydrogen (secondary N) is 1. The van der Waals surface area contributed by atoms with Crippen LogP contribution < -0.4 is 16.0 Å². The molecule has 19 heavy (non-hydrogen) atoms. The van der Waals surface area contributed by atoms with Gasteiger partial charge in [0.05, 0.1) is 32.0 Å². The van der Waals surface area contributed by atoms with Gasteiger partial charge in [0.1, 0.15) is 5.75 Å². The van der Waals surface area contributed by atoms with Crippen LogP contribution in [0.3, 0.4) is 0 Å². The number of hydrazine groups is 1. The Labute approximate surface area is 115 Å². The fraction of sp³-hybridized carbons (Fsp3) is 0.571. The average Bonchev–Trinajstić information content (AvgIpc) is 2.39. The highest BCUT2D eigenvalue weighted by atomic mass is 16.5. The van der Waals surface area contributed by atoms with E-state index in [2.05, 4.69) is 5.43 Å². The molecule has 0 saturated heterocycles. The van der Waals surface area contributed by atoms with Crippen molar-refractivity contribution in [3.63, 3.8) is 0 Å². The first-order valence-electron chi connectivity index (χ1n) is 6.47. The van der Waals surface area contributed by atoms with Gasteiger partial charge in [-0.15, -0.1) is 0 Å². The van der Waals surface area contributed by atoms with Gasteiger partial charge in [-0.25, -0.2) is 0 Å². The summed E-state index contributed by atoms with van der Waals surface area (Å²) in [6.45, 7) is 5.58. The number of para-hydroxylation sites is 1. The highest BCUT2D eigenvalue weighted by Crippen LogP contribution is 2.25. The molecule has 1 aromatic carbocycles. The third-order valence-electron chi connectivity index (χ3n) is 2.57. The first-order chi connectivity index (χ1) is 9.19. The van der Waals surface area contributed by atoms with Crippen LogP contribution in [-0.4, -0.2) is 33.0 Å². The fourth-order valence-electron chi connectivity index (χ4n) is 1.70. The molecule has 3 N–H and O–H groups in total. The second kappa shape index (κ2) is 8.87. The number of methoxy groups -OCH3 is 1. The summed E-state index contributed by atoms with van der Waals surface area (Å²) in [6, 6.07) is 7.73. The van der Waals surface area contributed by atoms with Crippen LogP contribution in [0.25, 0.3) is 0 Å². The molecule has 0 aliphatic heterocycles. The zero-order valence-corrected chi connectivity index (χ0v) is 11.9. The van der Waals surface area contributed by atoms with E-state index in [1.165, 1.54) is 0 Å². The maximum atomic E-state index is 5.78. The quantitative estimate of drug-likeness (QED) is 0.405. The smallest absolute Gasteiger partial charge is 0.124 e. The molecule has 108 valence electrons. The molecule has 0 aromatic heterocycles. The fourth-order valence-corrected chi connectivity index (χ4v) is 1.70. The van der Waals surface area contributed by atoms with Gasteiger partial charge >= 0.3 is 0 Å². The number of rotatable bonds is 9. The van der Waals surface area contributed by atoms with Crippen LogP contribution in [0.5, 0.6) is 5.75 Å². The lowest BCUT2D eigenvalue weighted by Gasteiger charge is -2.21. The molecule has 0 bridgehead atoms. The van der Waals surface area contributed by atoms with Gasteiger partial charge in [-0.05, 0) is 19.9 Å². The molecule has 0 fully saturated rings.